The first-order valence-corrected chi connectivity index (χ1v) is 6.58. The van der Waals surface area contributed by atoms with Gasteiger partial charge in [-0.05, 0) is 36.8 Å². The van der Waals surface area contributed by atoms with Crippen molar-refractivity contribution in [1.29, 1.82) is 0 Å². The molecule has 0 unspecified atom stereocenters. The highest BCUT2D eigenvalue weighted by molar-refractivity contribution is 5.97. The van der Waals surface area contributed by atoms with E-state index in [0.29, 0.717) is 11.5 Å². The maximum Gasteiger partial charge on any atom is 0.156 e. The van der Waals surface area contributed by atoms with Gasteiger partial charge in [0.1, 0.15) is 18.1 Å². The first-order chi connectivity index (χ1) is 10.2. The summed E-state index contributed by atoms with van der Waals surface area (Å²) in [5, 5.41) is 4.04. The Hall–Kier alpha value is -2.69. The number of benzene rings is 2. The lowest BCUT2D eigenvalue weighted by Gasteiger charge is -2.01. The SMILES string of the molecule is C/C(=N\OCc1ccc(F)cc1)c1nc2ccccc2[nH]1. The lowest BCUT2D eigenvalue weighted by atomic mass is 10.2. The molecule has 0 amide bonds. The number of nitrogens with zero attached hydrogens (tertiary/aromatic N) is 2. The van der Waals surface area contributed by atoms with Crippen molar-refractivity contribution in [3.8, 4) is 0 Å². The van der Waals surface area contributed by atoms with E-state index in [1.165, 1.54) is 12.1 Å². The number of hydrogen-bond acceptors (Lipinski definition) is 3. The first kappa shape index (κ1) is 13.3. The van der Waals surface area contributed by atoms with Crippen LogP contribution < -0.4 is 0 Å². The molecular formula is C16H14FN3O. The zero-order chi connectivity index (χ0) is 14.7. The smallest absolute Gasteiger partial charge is 0.156 e. The Morgan fingerprint density at radius 3 is 2.71 bits per heavy atom. The first-order valence-electron chi connectivity index (χ1n) is 6.58. The van der Waals surface area contributed by atoms with Gasteiger partial charge in [-0.1, -0.05) is 29.4 Å². The topological polar surface area (TPSA) is 50.3 Å². The molecule has 1 N–H and O–H groups in total. The number of imidazole rings is 1. The van der Waals surface area contributed by atoms with Crippen LogP contribution in [0.25, 0.3) is 11.0 Å². The van der Waals surface area contributed by atoms with Crippen LogP contribution in [0.3, 0.4) is 0 Å². The molecule has 0 spiro atoms. The summed E-state index contributed by atoms with van der Waals surface area (Å²) in [6, 6.07) is 13.9. The minimum Gasteiger partial charge on any atom is -0.391 e. The summed E-state index contributed by atoms with van der Waals surface area (Å²) in [6.45, 7) is 2.11. The van der Waals surface area contributed by atoms with E-state index in [4.69, 9.17) is 4.84 Å². The minimum atomic E-state index is -0.263. The highest BCUT2D eigenvalue weighted by Crippen LogP contribution is 2.11. The Bertz CT molecular complexity index is 745. The predicted octanol–water partition coefficient (Wildman–Crippen LogP) is 3.64. The summed E-state index contributed by atoms with van der Waals surface area (Å²) in [6.07, 6.45) is 0. The predicted molar refractivity (Wildman–Crippen MR) is 79.5 cm³/mol. The normalized spacial score (nSPS) is 11.8. The second kappa shape index (κ2) is 5.75. The average molecular weight is 283 g/mol. The zero-order valence-electron chi connectivity index (χ0n) is 11.5. The van der Waals surface area contributed by atoms with E-state index >= 15 is 0 Å². The summed E-state index contributed by atoms with van der Waals surface area (Å²) in [5.41, 5.74) is 3.37. The van der Waals surface area contributed by atoms with E-state index in [2.05, 4.69) is 15.1 Å². The lowest BCUT2D eigenvalue weighted by Crippen LogP contribution is -1.99. The fraction of sp³-hybridized carbons (Fsp3) is 0.125. The molecule has 0 aliphatic carbocycles. The number of H-pyrrole nitrogens is 1. The van der Waals surface area contributed by atoms with Gasteiger partial charge < -0.3 is 9.82 Å². The molecule has 0 saturated carbocycles. The second-order valence-corrected chi connectivity index (χ2v) is 4.68. The van der Waals surface area contributed by atoms with Crippen LogP contribution in [0.4, 0.5) is 4.39 Å². The van der Waals surface area contributed by atoms with E-state index in [1.54, 1.807) is 12.1 Å². The molecule has 0 atom stereocenters. The minimum absolute atomic E-state index is 0.263. The maximum atomic E-state index is 12.8. The van der Waals surface area contributed by atoms with Crippen molar-refractivity contribution in [3.05, 3.63) is 65.7 Å². The molecule has 106 valence electrons. The number of aromatic amines is 1. The largest absolute Gasteiger partial charge is 0.391 e. The van der Waals surface area contributed by atoms with Crippen LogP contribution in [-0.2, 0) is 11.4 Å². The molecule has 1 heterocycles. The van der Waals surface area contributed by atoms with Gasteiger partial charge in [0, 0.05) is 0 Å². The van der Waals surface area contributed by atoms with Crippen molar-refractivity contribution < 1.29 is 9.23 Å². The van der Waals surface area contributed by atoms with Crippen molar-refractivity contribution in [3.63, 3.8) is 0 Å². The maximum absolute atomic E-state index is 12.8. The third-order valence-corrected chi connectivity index (χ3v) is 3.08. The molecule has 0 aliphatic heterocycles. The summed E-state index contributed by atoms with van der Waals surface area (Å²) in [5.74, 6) is 0.413. The molecule has 0 fully saturated rings. The average Bonchev–Trinajstić information content (AvgIpc) is 2.93. The second-order valence-electron chi connectivity index (χ2n) is 4.68. The Balaban J connectivity index is 1.69. The number of para-hydroxylation sites is 2. The third-order valence-electron chi connectivity index (χ3n) is 3.08. The Morgan fingerprint density at radius 2 is 1.95 bits per heavy atom. The van der Waals surface area contributed by atoms with E-state index in [1.807, 2.05) is 31.2 Å². The molecule has 4 nitrogen and oxygen atoms in total. The molecule has 0 radical (unpaired) electrons. The van der Waals surface area contributed by atoms with Crippen molar-refractivity contribution in [2.24, 2.45) is 5.16 Å². The van der Waals surface area contributed by atoms with Crippen LogP contribution in [0.15, 0.2) is 53.7 Å². The fourth-order valence-electron chi connectivity index (χ4n) is 1.95. The number of halogens is 1. The molecule has 0 saturated heterocycles. The van der Waals surface area contributed by atoms with Gasteiger partial charge in [-0.3, -0.25) is 0 Å². The van der Waals surface area contributed by atoms with Crippen LogP contribution >= 0.6 is 0 Å². The van der Waals surface area contributed by atoms with Gasteiger partial charge in [-0.2, -0.15) is 0 Å². The molecule has 5 heteroatoms. The molecule has 21 heavy (non-hydrogen) atoms. The van der Waals surface area contributed by atoms with Gasteiger partial charge in [0.25, 0.3) is 0 Å². The quantitative estimate of drug-likeness (QED) is 0.587. The molecular weight excluding hydrogens is 269 g/mol. The van der Waals surface area contributed by atoms with Crippen LogP contribution in [0.5, 0.6) is 0 Å². The Labute approximate surface area is 121 Å². The van der Waals surface area contributed by atoms with Crippen LogP contribution in [0, 0.1) is 5.82 Å². The highest BCUT2D eigenvalue weighted by atomic mass is 19.1. The van der Waals surface area contributed by atoms with Crippen molar-refractivity contribution in [2.45, 2.75) is 13.5 Å². The highest BCUT2D eigenvalue weighted by Gasteiger charge is 2.05. The molecule has 3 rings (SSSR count). The third kappa shape index (κ3) is 3.08. The summed E-state index contributed by atoms with van der Waals surface area (Å²) >= 11 is 0. The fourth-order valence-corrected chi connectivity index (χ4v) is 1.95. The zero-order valence-corrected chi connectivity index (χ0v) is 11.5. The summed E-state index contributed by atoms with van der Waals surface area (Å²) in [4.78, 5) is 12.9. The molecule has 0 aliphatic rings. The van der Waals surface area contributed by atoms with Crippen molar-refractivity contribution in [1.82, 2.24) is 9.97 Å². The Morgan fingerprint density at radius 1 is 1.19 bits per heavy atom. The van der Waals surface area contributed by atoms with Gasteiger partial charge in [-0.25, -0.2) is 9.37 Å². The molecule has 0 bridgehead atoms. The summed E-state index contributed by atoms with van der Waals surface area (Å²) < 4.78 is 12.8. The Kier molecular flexibility index (Phi) is 3.64. The van der Waals surface area contributed by atoms with Crippen LogP contribution in [0.1, 0.15) is 18.3 Å². The van der Waals surface area contributed by atoms with E-state index in [9.17, 15) is 4.39 Å². The monoisotopic (exact) mass is 283 g/mol. The van der Waals surface area contributed by atoms with Gasteiger partial charge in [0.2, 0.25) is 0 Å². The molecule has 2 aromatic carbocycles. The summed E-state index contributed by atoms with van der Waals surface area (Å²) in [7, 11) is 0. The van der Waals surface area contributed by atoms with Crippen molar-refractivity contribution in [2.75, 3.05) is 0 Å². The van der Waals surface area contributed by atoms with E-state index < -0.39 is 0 Å². The van der Waals surface area contributed by atoms with Gasteiger partial charge in [-0.15, -0.1) is 0 Å². The molecule has 3 aromatic rings. The van der Waals surface area contributed by atoms with Crippen molar-refractivity contribution >= 4 is 16.7 Å². The number of oxime groups is 1. The molecule has 1 aromatic heterocycles. The van der Waals surface area contributed by atoms with Gasteiger partial charge in [0.15, 0.2) is 5.82 Å². The van der Waals surface area contributed by atoms with E-state index in [0.717, 1.165) is 16.6 Å². The van der Waals surface area contributed by atoms with Crippen LogP contribution in [-0.4, -0.2) is 15.7 Å². The number of rotatable bonds is 4. The van der Waals surface area contributed by atoms with E-state index in [-0.39, 0.29) is 12.4 Å². The van der Waals surface area contributed by atoms with Crippen LogP contribution in [0.2, 0.25) is 0 Å². The number of hydrogen-bond donors (Lipinski definition) is 1. The van der Waals surface area contributed by atoms with Gasteiger partial charge >= 0.3 is 0 Å². The number of nitrogens with one attached hydrogen (secondary N) is 1. The standard InChI is InChI=1S/C16H14FN3O/c1-11(16-18-14-4-2-3-5-15(14)19-16)20-21-10-12-6-8-13(17)9-7-12/h2-9H,10H2,1H3,(H,18,19)/b20-11+. The number of aromatic nitrogens is 2. The van der Waals surface area contributed by atoms with Gasteiger partial charge in [0.05, 0.1) is 11.0 Å². The lowest BCUT2D eigenvalue weighted by molar-refractivity contribution is 0.130. The number of fused-ring (bicyclic) bond motifs is 1.